The molecule has 0 aromatic heterocycles. The maximum atomic E-state index is 13.5. The highest BCUT2D eigenvalue weighted by Crippen LogP contribution is 2.37. The average molecular weight is 531 g/mol. The van der Waals surface area contributed by atoms with Gasteiger partial charge in [-0.25, -0.2) is 9.18 Å². The fourth-order valence-electron chi connectivity index (χ4n) is 6.64. The van der Waals surface area contributed by atoms with Gasteiger partial charge in [0.2, 0.25) is 0 Å². The summed E-state index contributed by atoms with van der Waals surface area (Å²) in [7, 11) is 0. The van der Waals surface area contributed by atoms with Gasteiger partial charge in [0.05, 0.1) is 5.56 Å². The third-order valence-electron chi connectivity index (χ3n) is 8.65. The Morgan fingerprint density at radius 2 is 1.56 bits per heavy atom. The molecule has 0 unspecified atom stereocenters. The number of fused-ring (bicyclic) bond motifs is 3. The van der Waals surface area contributed by atoms with Gasteiger partial charge in [0, 0.05) is 50.8 Å². The van der Waals surface area contributed by atoms with E-state index in [1.807, 2.05) is 17.0 Å². The van der Waals surface area contributed by atoms with Crippen molar-refractivity contribution in [1.29, 1.82) is 0 Å². The number of amides is 3. The van der Waals surface area contributed by atoms with Crippen molar-refractivity contribution in [3.05, 3.63) is 77.6 Å². The maximum absolute atomic E-state index is 13.5. The highest BCUT2D eigenvalue weighted by Gasteiger charge is 2.41. The fourth-order valence-corrected chi connectivity index (χ4v) is 6.64. The molecule has 3 heterocycles. The summed E-state index contributed by atoms with van der Waals surface area (Å²) in [6, 6.07) is 18.8. The quantitative estimate of drug-likeness (QED) is 0.511. The second-order valence-electron chi connectivity index (χ2n) is 11.2. The van der Waals surface area contributed by atoms with Crippen LogP contribution in [0.25, 0.3) is 10.8 Å². The van der Waals surface area contributed by atoms with E-state index in [0.29, 0.717) is 50.2 Å². The van der Waals surface area contributed by atoms with Crippen molar-refractivity contribution >= 4 is 22.7 Å². The van der Waals surface area contributed by atoms with Crippen LogP contribution in [0.5, 0.6) is 5.75 Å². The number of hydrogen-bond donors (Lipinski definition) is 2. The predicted octanol–water partition coefficient (Wildman–Crippen LogP) is 4.74. The van der Waals surface area contributed by atoms with Crippen molar-refractivity contribution in [2.45, 2.75) is 56.8 Å². The van der Waals surface area contributed by atoms with Gasteiger partial charge in [-0.05, 0) is 78.8 Å². The van der Waals surface area contributed by atoms with Gasteiger partial charge >= 0.3 is 6.03 Å². The first-order valence-electron chi connectivity index (χ1n) is 14.0. The summed E-state index contributed by atoms with van der Waals surface area (Å²) >= 11 is 0. The fraction of sp³-hybridized carbons (Fsp3) is 0.419. The molecule has 0 spiro atoms. The van der Waals surface area contributed by atoms with Gasteiger partial charge in [0.15, 0.2) is 0 Å². The molecule has 204 valence electrons. The molecule has 3 aromatic carbocycles. The van der Waals surface area contributed by atoms with Gasteiger partial charge in [0.1, 0.15) is 11.6 Å². The lowest BCUT2D eigenvalue weighted by atomic mass is 9.96. The number of carbonyl (C=O) groups excluding carboxylic acids is 2. The summed E-state index contributed by atoms with van der Waals surface area (Å²) in [5.74, 6) is -0.424. The molecular formula is C31H35FN4O3. The normalized spacial score (nSPS) is 23.6. The van der Waals surface area contributed by atoms with E-state index < -0.39 is 0 Å². The van der Waals surface area contributed by atoms with Crippen molar-refractivity contribution in [1.82, 2.24) is 20.0 Å². The minimum absolute atomic E-state index is 0.0154. The number of rotatable bonds is 4. The van der Waals surface area contributed by atoms with Crippen LogP contribution in [-0.2, 0) is 6.54 Å². The van der Waals surface area contributed by atoms with E-state index in [0.717, 1.165) is 43.0 Å². The molecule has 0 aliphatic carbocycles. The van der Waals surface area contributed by atoms with Crippen molar-refractivity contribution < 1.29 is 19.1 Å². The van der Waals surface area contributed by atoms with Crippen molar-refractivity contribution in [2.75, 3.05) is 26.2 Å². The van der Waals surface area contributed by atoms with E-state index >= 15 is 0 Å². The second kappa shape index (κ2) is 10.8. The number of aromatic hydroxyl groups is 1. The number of halogens is 1. The van der Waals surface area contributed by atoms with Crippen LogP contribution in [0.1, 0.15) is 48.0 Å². The topological polar surface area (TPSA) is 76.1 Å². The minimum Gasteiger partial charge on any atom is -0.507 e. The van der Waals surface area contributed by atoms with Crippen LogP contribution in [0, 0.1) is 5.82 Å². The third-order valence-corrected chi connectivity index (χ3v) is 8.65. The Morgan fingerprint density at radius 1 is 0.872 bits per heavy atom. The van der Waals surface area contributed by atoms with Crippen LogP contribution in [0.15, 0.2) is 60.7 Å². The smallest absolute Gasteiger partial charge is 0.317 e. The number of hydrogen-bond acceptors (Lipinski definition) is 4. The molecule has 7 nitrogen and oxygen atoms in total. The molecule has 3 fully saturated rings. The van der Waals surface area contributed by atoms with Gasteiger partial charge < -0.3 is 20.2 Å². The highest BCUT2D eigenvalue weighted by atomic mass is 19.1. The Kier molecular flexibility index (Phi) is 7.12. The summed E-state index contributed by atoms with van der Waals surface area (Å²) in [6.45, 7) is 2.96. The maximum Gasteiger partial charge on any atom is 0.317 e. The first-order chi connectivity index (χ1) is 18.9. The van der Waals surface area contributed by atoms with Gasteiger partial charge in [-0.15, -0.1) is 0 Å². The molecule has 3 saturated heterocycles. The Morgan fingerprint density at radius 3 is 2.36 bits per heavy atom. The van der Waals surface area contributed by atoms with Gasteiger partial charge in [-0.1, -0.05) is 30.3 Å². The number of nitrogens with zero attached hydrogens (tertiary/aromatic N) is 3. The van der Waals surface area contributed by atoms with E-state index in [-0.39, 0.29) is 29.5 Å². The van der Waals surface area contributed by atoms with Crippen LogP contribution >= 0.6 is 0 Å². The van der Waals surface area contributed by atoms with Crippen molar-refractivity contribution in [3.8, 4) is 5.75 Å². The SMILES string of the molecule is O=C(NC1C[C@H]2CC[C@H](C1)N2Cc1ccc2cc(F)ccc2c1)N1CCCN(C(=O)c2ccccc2O)CC1. The standard InChI is InChI=1S/C31H35FN4O3/c32-24-9-8-22-16-21(6-7-23(22)17-24)20-36-26-10-11-27(36)19-25(18-26)33-31(39)35-13-3-12-34(14-15-35)30(38)28-4-1-2-5-29(28)37/h1-2,4-9,16-17,25-27,37H,3,10-15,18-20H2,(H,33,39)/t26-,27-/m1/s1. The number of piperidine rings is 1. The molecule has 3 aliphatic rings. The van der Waals surface area contributed by atoms with E-state index in [4.69, 9.17) is 0 Å². The molecular weight excluding hydrogens is 495 g/mol. The summed E-state index contributed by atoms with van der Waals surface area (Å²) in [4.78, 5) is 32.3. The predicted molar refractivity (Wildman–Crippen MR) is 148 cm³/mol. The number of nitrogens with one attached hydrogen (secondary N) is 1. The lowest BCUT2D eigenvalue weighted by Crippen LogP contribution is -2.53. The van der Waals surface area contributed by atoms with Crippen molar-refractivity contribution in [3.63, 3.8) is 0 Å². The van der Waals surface area contributed by atoms with Crippen LogP contribution in [0.2, 0.25) is 0 Å². The lowest BCUT2D eigenvalue weighted by Gasteiger charge is -2.39. The molecule has 2 N–H and O–H groups in total. The Balaban J connectivity index is 1.03. The van der Waals surface area contributed by atoms with Gasteiger partial charge in [-0.2, -0.15) is 0 Å². The zero-order valence-electron chi connectivity index (χ0n) is 22.1. The zero-order valence-corrected chi connectivity index (χ0v) is 22.1. The minimum atomic E-state index is -0.212. The summed E-state index contributed by atoms with van der Waals surface area (Å²) in [5, 5.41) is 15.3. The first kappa shape index (κ1) is 25.6. The number of phenols is 1. The van der Waals surface area contributed by atoms with Crippen molar-refractivity contribution in [2.24, 2.45) is 0 Å². The summed E-state index contributed by atoms with van der Waals surface area (Å²) in [5.41, 5.74) is 1.54. The van der Waals surface area contributed by atoms with E-state index in [2.05, 4.69) is 22.3 Å². The Hall–Kier alpha value is -3.65. The Bertz CT molecular complexity index is 1370. The molecule has 39 heavy (non-hydrogen) atoms. The summed E-state index contributed by atoms with van der Waals surface area (Å²) in [6.07, 6.45) is 4.86. The monoisotopic (exact) mass is 530 g/mol. The first-order valence-corrected chi connectivity index (χ1v) is 14.0. The molecule has 2 atom stereocenters. The number of benzene rings is 3. The number of para-hydroxylation sites is 1. The van der Waals surface area contributed by atoms with Gasteiger partial charge in [0.25, 0.3) is 5.91 Å². The molecule has 0 saturated carbocycles. The summed E-state index contributed by atoms with van der Waals surface area (Å²) < 4.78 is 13.5. The van der Waals surface area contributed by atoms with E-state index in [1.165, 1.54) is 17.7 Å². The van der Waals surface area contributed by atoms with E-state index in [9.17, 15) is 19.1 Å². The average Bonchev–Trinajstić information content (AvgIpc) is 3.10. The molecule has 6 rings (SSSR count). The molecule has 3 aromatic rings. The van der Waals surface area contributed by atoms with Crippen LogP contribution in [0.4, 0.5) is 9.18 Å². The largest absolute Gasteiger partial charge is 0.507 e. The number of phenolic OH excluding ortho intramolecular Hbond substituents is 1. The number of urea groups is 1. The Labute approximate surface area is 228 Å². The van der Waals surface area contributed by atoms with Crippen LogP contribution in [-0.4, -0.2) is 76.0 Å². The second-order valence-corrected chi connectivity index (χ2v) is 11.2. The number of carbonyl (C=O) groups is 2. The van der Waals surface area contributed by atoms with Gasteiger partial charge in [-0.3, -0.25) is 9.69 Å². The lowest BCUT2D eigenvalue weighted by molar-refractivity contribution is 0.0758. The molecule has 8 heteroatoms. The highest BCUT2D eigenvalue weighted by molar-refractivity contribution is 5.96. The third kappa shape index (κ3) is 5.43. The molecule has 3 amide bonds. The molecule has 3 aliphatic heterocycles. The molecule has 0 radical (unpaired) electrons. The molecule has 2 bridgehead atoms. The van der Waals surface area contributed by atoms with Crippen LogP contribution in [0.3, 0.4) is 0 Å². The van der Waals surface area contributed by atoms with Crippen LogP contribution < -0.4 is 5.32 Å². The zero-order chi connectivity index (χ0) is 26.9. The van der Waals surface area contributed by atoms with E-state index in [1.54, 1.807) is 29.2 Å².